The van der Waals surface area contributed by atoms with Crippen LogP contribution in [0.1, 0.15) is 17.5 Å². The molecule has 162 valence electrons. The molecular weight excluding hydrogens is 390 g/mol. The summed E-state index contributed by atoms with van der Waals surface area (Å²) in [7, 11) is 0. The van der Waals surface area contributed by atoms with Gasteiger partial charge in [-0.05, 0) is 41.8 Å². The summed E-state index contributed by atoms with van der Waals surface area (Å²) >= 11 is 0. The van der Waals surface area contributed by atoms with Crippen molar-refractivity contribution in [1.82, 2.24) is 24.6 Å². The average molecular weight is 420 g/mol. The Kier molecular flexibility index (Phi) is 7.41. The summed E-state index contributed by atoms with van der Waals surface area (Å²) in [5.41, 5.74) is 3.00. The number of benzene rings is 1. The summed E-state index contributed by atoms with van der Waals surface area (Å²) in [6, 6.07) is 13.9. The van der Waals surface area contributed by atoms with Crippen LogP contribution in [0, 0.1) is 0 Å². The lowest BCUT2D eigenvalue weighted by Crippen LogP contribution is -2.39. The van der Waals surface area contributed by atoms with E-state index in [1.165, 1.54) is 0 Å². The van der Waals surface area contributed by atoms with Crippen LogP contribution in [0.15, 0.2) is 67.3 Å². The highest BCUT2D eigenvalue weighted by Crippen LogP contribution is 2.12. The number of ether oxygens (including phenoxy) is 1. The zero-order valence-electron chi connectivity index (χ0n) is 17.8. The molecule has 7 heteroatoms. The third-order valence-corrected chi connectivity index (χ3v) is 5.49. The van der Waals surface area contributed by atoms with Gasteiger partial charge in [-0.2, -0.15) is 5.10 Å². The molecule has 1 amide bonds. The molecule has 0 aliphatic carbocycles. The monoisotopic (exact) mass is 419 g/mol. The van der Waals surface area contributed by atoms with Crippen molar-refractivity contribution in [2.75, 3.05) is 39.4 Å². The molecule has 1 aliphatic rings. The normalized spacial score (nSPS) is 14.5. The highest BCUT2D eigenvalue weighted by Gasteiger charge is 2.17. The molecule has 0 spiro atoms. The molecule has 0 atom stereocenters. The fourth-order valence-corrected chi connectivity index (χ4v) is 3.77. The van der Waals surface area contributed by atoms with Crippen LogP contribution in [0.5, 0.6) is 0 Å². The van der Waals surface area contributed by atoms with E-state index in [4.69, 9.17) is 4.74 Å². The number of morpholine rings is 1. The van der Waals surface area contributed by atoms with Gasteiger partial charge in [0, 0.05) is 51.3 Å². The van der Waals surface area contributed by atoms with Crippen LogP contribution in [0.25, 0.3) is 5.69 Å². The van der Waals surface area contributed by atoms with Crippen LogP contribution in [0.3, 0.4) is 0 Å². The Labute approximate surface area is 183 Å². The van der Waals surface area contributed by atoms with E-state index in [0.717, 1.165) is 62.6 Å². The molecule has 0 bridgehead atoms. The van der Waals surface area contributed by atoms with Crippen molar-refractivity contribution in [1.29, 1.82) is 0 Å². The lowest BCUT2D eigenvalue weighted by molar-refractivity contribution is -0.131. The van der Waals surface area contributed by atoms with Gasteiger partial charge in [0.2, 0.25) is 5.91 Å². The summed E-state index contributed by atoms with van der Waals surface area (Å²) in [6.07, 6.45) is 8.55. The Hall–Kier alpha value is -3.03. The third-order valence-electron chi connectivity index (χ3n) is 5.49. The number of carbonyl (C=O) groups excluding carboxylic acids is 1. The quantitative estimate of drug-likeness (QED) is 0.533. The molecule has 3 aromatic rings. The molecule has 0 saturated carbocycles. The average Bonchev–Trinajstić information content (AvgIpc) is 3.29. The van der Waals surface area contributed by atoms with E-state index in [1.807, 2.05) is 58.2 Å². The third kappa shape index (κ3) is 6.23. The molecule has 1 aromatic carbocycles. The van der Waals surface area contributed by atoms with E-state index in [0.29, 0.717) is 13.0 Å². The number of rotatable bonds is 9. The predicted octanol–water partition coefficient (Wildman–Crippen LogP) is 2.56. The second-order valence-corrected chi connectivity index (χ2v) is 7.78. The van der Waals surface area contributed by atoms with Crippen LogP contribution in [0.2, 0.25) is 0 Å². The van der Waals surface area contributed by atoms with E-state index in [1.54, 1.807) is 18.6 Å². The van der Waals surface area contributed by atoms with Crippen molar-refractivity contribution in [3.8, 4) is 5.69 Å². The Morgan fingerprint density at radius 1 is 1.03 bits per heavy atom. The maximum atomic E-state index is 13.2. The molecule has 0 unspecified atom stereocenters. The predicted molar refractivity (Wildman–Crippen MR) is 119 cm³/mol. The zero-order chi connectivity index (χ0) is 21.3. The first-order chi connectivity index (χ1) is 15.3. The molecule has 2 aromatic heterocycles. The van der Waals surface area contributed by atoms with Gasteiger partial charge in [0.05, 0.1) is 31.5 Å². The number of aromatic nitrogens is 3. The fraction of sp³-hybridized carbons (Fsp3) is 0.375. The van der Waals surface area contributed by atoms with Gasteiger partial charge in [-0.25, -0.2) is 4.68 Å². The number of amides is 1. The van der Waals surface area contributed by atoms with Gasteiger partial charge in [-0.15, -0.1) is 0 Å². The van der Waals surface area contributed by atoms with Crippen molar-refractivity contribution >= 4 is 5.91 Å². The van der Waals surface area contributed by atoms with Crippen molar-refractivity contribution in [2.24, 2.45) is 0 Å². The summed E-state index contributed by atoms with van der Waals surface area (Å²) in [6.45, 7) is 5.84. The first-order valence-corrected chi connectivity index (χ1v) is 10.8. The molecule has 1 aliphatic heterocycles. The van der Waals surface area contributed by atoms with E-state index in [-0.39, 0.29) is 5.91 Å². The van der Waals surface area contributed by atoms with Crippen molar-refractivity contribution in [3.63, 3.8) is 0 Å². The van der Waals surface area contributed by atoms with Gasteiger partial charge in [0.1, 0.15) is 0 Å². The number of carbonyl (C=O) groups is 1. The number of hydrogen-bond donors (Lipinski definition) is 0. The van der Waals surface area contributed by atoms with Crippen LogP contribution in [0.4, 0.5) is 0 Å². The molecule has 0 N–H and O–H groups in total. The second-order valence-electron chi connectivity index (χ2n) is 7.78. The van der Waals surface area contributed by atoms with Crippen LogP contribution in [-0.4, -0.2) is 69.9 Å². The van der Waals surface area contributed by atoms with Gasteiger partial charge >= 0.3 is 0 Å². The maximum Gasteiger partial charge on any atom is 0.227 e. The van der Waals surface area contributed by atoms with Gasteiger partial charge in [-0.3, -0.25) is 14.7 Å². The van der Waals surface area contributed by atoms with Crippen LogP contribution in [-0.2, 0) is 22.5 Å². The highest BCUT2D eigenvalue weighted by atomic mass is 16.5. The Balaban J connectivity index is 1.38. The fourth-order valence-electron chi connectivity index (χ4n) is 3.77. The second kappa shape index (κ2) is 10.8. The van der Waals surface area contributed by atoms with Gasteiger partial charge in [-0.1, -0.05) is 18.2 Å². The minimum Gasteiger partial charge on any atom is -0.379 e. The smallest absolute Gasteiger partial charge is 0.227 e. The molecule has 0 radical (unpaired) electrons. The Bertz CT molecular complexity index is 939. The molecule has 3 heterocycles. The van der Waals surface area contributed by atoms with E-state index in [9.17, 15) is 4.79 Å². The first kappa shape index (κ1) is 21.2. The van der Waals surface area contributed by atoms with Crippen molar-refractivity contribution < 1.29 is 9.53 Å². The zero-order valence-corrected chi connectivity index (χ0v) is 17.8. The maximum absolute atomic E-state index is 13.2. The molecule has 4 rings (SSSR count). The Morgan fingerprint density at radius 3 is 2.58 bits per heavy atom. The summed E-state index contributed by atoms with van der Waals surface area (Å²) < 4.78 is 7.24. The molecule has 1 saturated heterocycles. The number of nitrogens with zero attached hydrogens (tertiary/aromatic N) is 5. The summed E-state index contributed by atoms with van der Waals surface area (Å²) in [5, 5.41) is 4.43. The van der Waals surface area contributed by atoms with Gasteiger partial charge in [0.15, 0.2) is 0 Å². The van der Waals surface area contributed by atoms with E-state index < -0.39 is 0 Å². The summed E-state index contributed by atoms with van der Waals surface area (Å²) in [4.78, 5) is 21.6. The van der Waals surface area contributed by atoms with E-state index >= 15 is 0 Å². The van der Waals surface area contributed by atoms with E-state index in [2.05, 4.69) is 15.0 Å². The lowest BCUT2D eigenvalue weighted by Gasteiger charge is -2.28. The van der Waals surface area contributed by atoms with Crippen LogP contribution < -0.4 is 0 Å². The SMILES string of the molecule is O=C(Cc1cnn(-c2ccccc2)c1)N(CCCN1CCOCC1)Cc1ccncc1. The molecule has 7 nitrogen and oxygen atoms in total. The lowest BCUT2D eigenvalue weighted by atomic mass is 10.2. The largest absolute Gasteiger partial charge is 0.379 e. The minimum absolute atomic E-state index is 0.117. The minimum atomic E-state index is 0.117. The molecule has 1 fully saturated rings. The van der Waals surface area contributed by atoms with Gasteiger partial charge < -0.3 is 9.64 Å². The molecule has 31 heavy (non-hydrogen) atoms. The molecular formula is C24H29N5O2. The van der Waals surface area contributed by atoms with Crippen molar-refractivity contribution in [3.05, 3.63) is 78.4 Å². The number of para-hydroxylation sites is 1. The Morgan fingerprint density at radius 2 is 1.81 bits per heavy atom. The van der Waals surface area contributed by atoms with Crippen LogP contribution >= 0.6 is 0 Å². The first-order valence-electron chi connectivity index (χ1n) is 10.8. The topological polar surface area (TPSA) is 63.5 Å². The number of pyridine rings is 1. The standard InChI is InChI=1S/C24H29N5O2/c30-24(17-22-18-26-29(20-22)23-5-2-1-3-6-23)28(19-21-7-9-25-10-8-21)12-4-11-27-13-15-31-16-14-27/h1-3,5-10,18,20H,4,11-17,19H2. The number of hydrogen-bond acceptors (Lipinski definition) is 5. The summed E-state index contributed by atoms with van der Waals surface area (Å²) in [5.74, 6) is 0.117. The van der Waals surface area contributed by atoms with Gasteiger partial charge in [0.25, 0.3) is 0 Å². The van der Waals surface area contributed by atoms with Crippen molar-refractivity contribution in [2.45, 2.75) is 19.4 Å². The highest BCUT2D eigenvalue weighted by molar-refractivity contribution is 5.78.